The molecule has 0 aromatic rings. The Morgan fingerprint density at radius 2 is 0.649 bits per heavy atom. The average Bonchev–Trinajstić information content (AvgIpc) is 3.69. The quantitative estimate of drug-likeness (QED) is 0.323. The van der Waals surface area contributed by atoms with Gasteiger partial charge in [0.15, 0.2) is 0 Å². The fourth-order valence-corrected chi connectivity index (χ4v) is 12.4. The van der Waals surface area contributed by atoms with Gasteiger partial charge in [-0.3, -0.25) is 0 Å². The molecule has 0 aromatic heterocycles. The van der Waals surface area contributed by atoms with Crippen molar-refractivity contribution in [3.05, 3.63) is 22.3 Å². The van der Waals surface area contributed by atoms with Crippen LogP contribution in [0, 0.1) is 82.9 Å². The highest BCUT2D eigenvalue weighted by Crippen LogP contribution is 2.83. The van der Waals surface area contributed by atoms with E-state index in [4.69, 9.17) is 18.9 Å². The second kappa shape index (κ2) is 7.06. The fourth-order valence-electron chi connectivity index (χ4n) is 12.4. The monoisotopic (exact) mass is 508 g/mol. The van der Waals surface area contributed by atoms with Crippen molar-refractivity contribution in [1.82, 2.24) is 0 Å². The summed E-state index contributed by atoms with van der Waals surface area (Å²) in [4.78, 5) is 50.9. The molecule has 0 spiro atoms. The molecule has 14 atom stereocenters. The molecular formula is C29H32O8. The lowest BCUT2D eigenvalue weighted by molar-refractivity contribution is -0.145. The predicted molar refractivity (Wildman–Crippen MR) is 125 cm³/mol. The van der Waals surface area contributed by atoms with Crippen LogP contribution in [-0.2, 0) is 38.1 Å². The van der Waals surface area contributed by atoms with Crippen molar-refractivity contribution in [2.75, 3.05) is 28.4 Å². The molecule has 6 bridgehead atoms. The van der Waals surface area contributed by atoms with Crippen LogP contribution in [0.5, 0.6) is 0 Å². The zero-order valence-corrected chi connectivity index (χ0v) is 21.5. The van der Waals surface area contributed by atoms with Crippen molar-refractivity contribution in [2.45, 2.75) is 19.3 Å². The van der Waals surface area contributed by atoms with Crippen molar-refractivity contribution < 1.29 is 38.1 Å². The lowest BCUT2D eigenvalue weighted by atomic mass is 9.47. The smallest absolute Gasteiger partial charge is 0.334 e. The van der Waals surface area contributed by atoms with Gasteiger partial charge in [-0.25, -0.2) is 19.2 Å². The molecule has 196 valence electrons. The summed E-state index contributed by atoms with van der Waals surface area (Å²) in [6.07, 6.45) is 3.34. The van der Waals surface area contributed by atoms with Crippen molar-refractivity contribution in [3.63, 3.8) is 0 Å². The first-order chi connectivity index (χ1) is 17.9. The van der Waals surface area contributed by atoms with Crippen molar-refractivity contribution in [1.29, 1.82) is 0 Å². The molecule has 6 saturated carbocycles. The van der Waals surface area contributed by atoms with E-state index in [9.17, 15) is 19.2 Å². The topological polar surface area (TPSA) is 105 Å². The Labute approximate surface area is 215 Å². The molecule has 0 saturated heterocycles. The first-order valence-electron chi connectivity index (χ1n) is 13.7. The van der Waals surface area contributed by atoms with Gasteiger partial charge in [0.2, 0.25) is 0 Å². The van der Waals surface area contributed by atoms with E-state index in [-0.39, 0.29) is 47.5 Å². The van der Waals surface area contributed by atoms with Crippen LogP contribution in [0.4, 0.5) is 0 Å². The van der Waals surface area contributed by atoms with Crippen LogP contribution >= 0.6 is 0 Å². The number of esters is 4. The van der Waals surface area contributed by atoms with Crippen molar-refractivity contribution in [3.8, 4) is 0 Å². The predicted octanol–water partition coefficient (Wildman–Crippen LogP) is 2.18. The van der Waals surface area contributed by atoms with Crippen LogP contribution in [0.2, 0.25) is 0 Å². The summed E-state index contributed by atoms with van der Waals surface area (Å²) in [6, 6.07) is 0. The van der Waals surface area contributed by atoms with Gasteiger partial charge in [-0.15, -0.1) is 0 Å². The third-order valence-electron chi connectivity index (χ3n) is 12.6. The van der Waals surface area contributed by atoms with E-state index in [2.05, 4.69) is 0 Å². The summed E-state index contributed by atoms with van der Waals surface area (Å²) in [7, 11) is 5.54. The number of hydrogen-bond acceptors (Lipinski definition) is 8. The summed E-state index contributed by atoms with van der Waals surface area (Å²) in [5.41, 5.74) is 2.26. The molecule has 0 N–H and O–H groups in total. The zero-order chi connectivity index (χ0) is 25.7. The minimum Gasteiger partial charge on any atom is -0.466 e. The largest absolute Gasteiger partial charge is 0.466 e. The summed E-state index contributed by atoms with van der Waals surface area (Å²) in [6.45, 7) is 0. The van der Waals surface area contributed by atoms with Gasteiger partial charge >= 0.3 is 23.9 Å². The Kier molecular flexibility index (Phi) is 4.26. The van der Waals surface area contributed by atoms with Gasteiger partial charge < -0.3 is 18.9 Å². The Morgan fingerprint density at radius 1 is 0.432 bits per heavy atom. The van der Waals surface area contributed by atoms with Gasteiger partial charge in [0.1, 0.15) is 0 Å². The minimum absolute atomic E-state index is 0.108. The molecule has 0 amide bonds. The van der Waals surface area contributed by atoms with Crippen molar-refractivity contribution in [2.24, 2.45) is 82.9 Å². The molecule has 8 heteroatoms. The Hall–Kier alpha value is -2.64. The number of hydrogen-bond donors (Lipinski definition) is 0. The lowest BCUT2D eigenvalue weighted by Crippen LogP contribution is -2.55. The fraction of sp³-hybridized carbons (Fsp3) is 0.724. The molecule has 8 nitrogen and oxygen atoms in total. The molecule has 8 rings (SSSR count). The average molecular weight is 509 g/mol. The second-order valence-corrected chi connectivity index (χ2v) is 12.7. The number of methoxy groups -OCH3 is 4. The van der Waals surface area contributed by atoms with Crippen LogP contribution in [0.25, 0.3) is 0 Å². The highest BCUT2D eigenvalue weighted by molar-refractivity contribution is 6.05. The minimum atomic E-state index is -0.382. The molecule has 8 aliphatic carbocycles. The molecule has 2 unspecified atom stereocenters. The third-order valence-corrected chi connectivity index (χ3v) is 12.6. The maximum Gasteiger partial charge on any atom is 0.334 e. The lowest BCUT2D eigenvalue weighted by Gasteiger charge is -2.56. The van der Waals surface area contributed by atoms with E-state index in [1.54, 1.807) is 0 Å². The molecule has 6 fully saturated rings. The molecule has 0 radical (unpaired) electrons. The van der Waals surface area contributed by atoms with Gasteiger partial charge in [0.05, 0.1) is 50.7 Å². The standard InChI is InChI=1S/C29H32O8/c1-34-26(30)22-18-10-6-11(19(18)23(22)27(31)35-2)15-9-5-8(14(10)15)16-12-7-13(17(9)16)21-20(12)24(28(32)36-3)25(21)29(33)37-4/h8-21H,5-7H2,1-4H3/t8?,9?,10-,11+,12+,13-,14-,15+,16+,17-,18-,19+,20+,21-. The SMILES string of the molecule is COC(=O)C1=C(C(=O)OC)[C@H]2[C@H]3C[C@@H]([C@@H]12)[C@H]1C2CC([C@@H]4[C@H]5C[C@H]([C@@H]6C(C(=O)OC)=C(C(=O)OC)[C@H]56)[C@H]24)[C@@H]31. The number of fused-ring (bicyclic) bond motifs is 22. The first-order valence-corrected chi connectivity index (χ1v) is 13.7. The van der Waals surface area contributed by atoms with Gasteiger partial charge in [0.25, 0.3) is 0 Å². The van der Waals surface area contributed by atoms with Gasteiger partial charge in [0, 0.05) is 23.7 Å². The highest BCUT2D eigenvalue weighted by atomic mass is 16.5. The molecule has 0 aromatic carbocycles. The number of ether oxygens (including phenoxy) is 4. The normalized spacial score (nSPS) is 50.1. The summed E-state index contributed by atoms with van der Waals surface area (Å²) < 4.78 is 20.4. The van der Waals surface area contributed by atoms with Gasteiger partial charge in [-0.2, -0.15) is 0 Å². The molecule has 0 heterocycles. The van der Waals surface area contributed by atoms with Crippen LogP contribution < -0.4 is 0 Å². The third kappa shape index (κ3) is 2.23. The maximum atomic E-state index is 12.7. The second-order valence-electron chi connectivity index (χ2n) is 12.7. The number of rotatable bonds is 4. The maximum absolute atomic E-state index is 12.7. The Balaban J connectivity index is 1.15. The van der Waals surface area contributed by atoms with E-state index < -0.39 is 0 Å². The van der Waals surface area contributed by atoms with Crippen molar-refractivity contribution >= 4 is 23.9 Å². The van der Waals surface area contributed by atoms with Crippen LogP contribution in [0.3, 0.4) is 0 Å². The Morgan fingerprint density at radius 3 is 0.865 bits per heavy atom. The molecule has 0 aliphatic heterocycles. The zero-order valence-electron chi connectivity index (χ0n) is 21.5. The van der Waals surface area contributed by atoms with E-state index in [0.717, 1.165) is 12.8 Å². The van der Waals surface area contributed by atoms with Crippen LogP contribution in [-0.4, -0.2) is 52.3 Å². The first kappa shape index (κ1) is 22.4. The summed E-state index contributed by atoms with van der Waals surface area (Å²) >= 11 is 0. The van der Waals surface area contributed by atoms with Gasteiger partial charge in [-0.1, -0.05) is 0 Å². The summed E-state index contributed by atoms with van der Waals surface area (Å²) in [5.74, 6) is 4.02. The highest BCUT2D eigenvalue weighted by Gasteiger charge is 2.79. The molecule has 37 heavy (non-hydrogen) atoms. The van der Waals surface area contributed by atoms with Crippen LogP contribution in [0.15, 0.2) is 22.3 Å². The molecule has 8 aliphatic rings. The molecular weight excluding hydrogens is 476 g/mol. The number of carbonyl (C=O) groups is 4. The van der Waals surface area contributed by atoms with E-state index in [1.807, 2.05) is 0 Å². The van der Waals surface area contributed by atoms with E-state index >= 15 is 0 Å². The van der Waals surface area contributed by atoms with E-state index in [1.165, 1.54) is 34.9 Å². The summed E-state index contributed by atoms with van der Waals surface area (Å²) in [5, 5.41) is 0. The number of carbonyl (C=O) groups excluding carboxylic acids is 4. The van der Waals surface area contributed by atoms with Crippen LogP contribution in [0.1, 0.15) is 19.3 Å². The van der Waals surface area contributed by atoms with Gasteiger partial charge in [-0.05, 0) is 78.4 Å². The van der Waals surface area contributed by atoms with E-state index in [0.29, 0.717) is 81.5 Å². The Bertz CT molecular complexity index is 1060.